The molecule has 0 N–H and O–H groups in total. The summed E-state index contributed by atoms with van der Waals surface area (Å²) in [5, 5.41) is 3.92. The van der Waals surface area contributed by atoms with Crippen LogP contribution in [0.25, 0.3) is 11.4 Å². The molecule has 0 saturated heterocycles. The van der Waals surface area contributed by atoms with E-state index in [0.29, 0.717) is 24.7 Å². The quantitative estimate of drug-likeness (QED) is 0.593. The SMILES string of the molecule is COC(=O)/C=C/C(=O)N(C)CCc1nc(-c2ccccc2)no1. The molecule has 23 heavy (non-hydrogen) atoms. The highest BCUT2D eigenvalue weighted by molar-refractivity contribution is 5.94. The lowest BCUT2D eigenvalue weighted by Crippen LogP contribution is -2.27. The van der Waals surface area contributed by atoms with Crippen LogP contribution in [0.15, 0.2) is 47.0 Å². The number of rotatable bonds is 6. The predicted octanol–water partition coefficient (Wildman–Crippen LogP) is 1.47. The molecule has 0 spiro atoms. The molecule has 0 aliphatic rings. The number of benzene rings is 1. The number of hydrogen-bond donors (Lipinski definition) is 0. The lowest BCUT2D eigenvalue weighted by atomic mass is 10.2. The van der Waals surface area contributed by atoms with E-state index in [-0.39, 0.29) is 5.91 Å². The molecule has 2 rings (SSSR count). The summed E-state index contributed by atoms with van der Waals surface area (Å²) in [5.41, 5.74) is 0.868. The van der Waals surface area contributed by atoms with E-state index in [9.17, 15) is 9.59 Å². The Kier molecular flexibility index (Phi) is 5.62. The van der Waals surface area contributed by atoms with E-state index < -0.39 is 5.97 Å². The minimum atomic E-state index is -0.573. The van der Waals surface area contributed by atoms with E-state index in [1.54, 1.807) is 7.05 Å². The van der Waals surface area contributed by atoms with Crippen molar-refractivity contribution in [3.05, 3.63) is 48.4 Å². The van der Waals surface area contributed by atoms with Crippen molar-refractivity contribution in [1.82, 2.24) is 15.0 Å². The molecule has 2 aromatic rings. The van der Waals surface area contributed by atoms with Gasteiger partial charge in [0.1, 0.15) is 0 Å². The van der Waals surface area contributed by atoms with Crippen molar-refractivity contribution in [2.75, 3.05) is 20.7 Å². The van der Waals surface area contributed by atoms with Crippen molar-refractivity contribution >= 4 is 11.9 Å². The van der Waals surface area contributed by atoms with Crippen LogP contribution in [0.2, 0.25) is 0 Å². The molecule has 1 heterocycles. The van der Waals surface area contributed by atoms with Gasteiger partial charge in [-0.3, -0.25) is 4.79 Å². The number of hydrogen-bond acceptors (Lipinski definition) is 6. The third kappa shape index (κ3) is 4.77. The summed E-state index contributed by atoms with van der Waals surface area (Å²) in [6.07, 6.45) is 2.67. The molecule has 0 aliphatic carbocycles. The molecule has 1 amide bonds. The monoisotopic (exact) mass is 315 g/mol. The first-order valence-corrected chi connectivity index (χ1v) is 6.99. The van der Waals surface area contributed by atoms with Gasteiger partial charge in [-0.05, 0) is 0 Å². The zero-order valence-corrected chi connectivity index (χ0v) is 12.9. The average molecular weight is 315 g/mol. The maximum absolute atomic E-state index is 11.8. The summed E-state index contributed by atoms with van der Waals surface area (Å²) in [7, 11) is 2.87. The molecule has 0 atom stereocenters. The maximum atomic E-state index is 11.8. The predicted molar refractivity (Wildman–Crippen MR) is 82.2 cm³/mol. The highest BCUT2D eigenvalue weighted by Gasteiger charge is 2.11. The van der Waals surface area contributed by atoms with Crippen LogP contribution in [0.1, 0.15) is 5.89 Å². The van der Waals surface area contributed by atoms with Crippen molar-refractivity contribution < 1.29 is 18.8 Å². The van der Waals surface area contributed by atoms with Crippen molar-refractivity contribution in [3.8, 4) is 11.4 Å². The molecular formula is C16H17N3O4. The first kappa shape index (κ1) is 16.4. The number of carbonyl (C=O) groups is 2. The molecule has 0 unspecified atom stereocenters. The largest absolute Gasteiger partial charge is 0.466 e. The Hall–Kier alpha value is -2.96. The van der Waals surface area contributed by atoms with Crippen molar-refractivity contribution in [3.63, 3.8) is 0 Å². The van der Waals surface area contributed by atoms with Crippen LogP contribution in [0.3, 0.4) is 0 Å². The topological polar surface area (TPSA) is 85.5 Å². The Labute approximate surface area is 133 Å². The lowest BCUT2D eigenvalue weighted by Gasteiger charge is -2.13. The minimum absolute atomic E-state index is 0.307. The van der Waals surface area contributed by atoms with Crippen LogP contribution in [0.4, 0.5) is 0 Å². The van der Waals surface area contributed by atoms with Gasteiger partial charge >= 0.3 is 5.97 Å². The van der Waals surface area contributed by atoms with Gasteiger partial charge < -0.3 is 14.2 Å². The fraction of sp³-hybridized carbons (Fsp3) is 0.250. The molecule has 7 heteroatoms. The third-order valence-electron chi connectivity index (χ3n) is 3.10. The first-order valence-electron chi connectivity index (χ1n) is 6.99. The first-order chi connectivity index (χ1) is 11.1. The zero-order valence-electron chi connectivity index (χ0n) is 12.9. The second-order valence-corrected chi connectivity index (χ2v) is 4.74. The molecule has 0 saturated carbocycles. The number of ether oxygens (including phenoxy) is 1. The van der Waals surface area contributed by atoms with Crippen LogP contribution < -0.4 is 0 Å². The molecule has 0 bridgehead atoms. The van der Waals surface area contributed by atoms with Crippen LogP contribution in [0.5, 0.6) is 0 Å². The fourth-order valence-electron chi connectivity index (χ4n) is 1.77. The van der Waals surface area contributed by atoms with Crippen molar-refractivity contribution in [2.24, 2.45) is 0 Å². The summed E-state index contributed by atoms with van der Waals surface area (Å²) >= 11 is 0. The van der Waals surface area contributed by atoms with Gasteiger partial charge in [0.2, 0.25) is 17.6 Å². The smallest absolute Gasteiger partial charge is 0.330 e. The van der Waals surface area contributed by atoms with Gasteiger partial charge in [0, 0.05) is 37.7 Å². The Morgan fingerprint density at radius 2 is 2.00 bits per heavy atom. The Bertz CT molecular complexity index is 694. The van der Waals surface area contributed by atoms with E-state index in [0.717, 1.165) is 17.7 Å². The van der Waals surface area contributed by atoms with Crippen molar-refractivity contribution in [2.45, 2.75) is 6.42 Å². The number of methoxy groups -OCH3 is 1. The Morgan fingerprint density at radius 1 is 1.26 bits per heavy atom. The lowest BCUT2D eigenvalue weighted by molar-refractivity contribution is -0.135. The zero-order chi connectivity index (χ0) is 16.7. The molecule has 1 aromatic heterocycles. The van der Waals surface area contributed by atoms with Gasteiger partial charge in [-0.25, -0.2) is 4.79 Å². The number of nitrogens with zero attached hydrogens (tertiary/aromatic N) is 3. The fourth-order valence-corrected chi connectivity index (χ4v) is 1.77. The van der Waals surface area contributed by atoms with Crippen LogP contribution >= 0.6 is 0 Å². The van der Waals surface area contributed by atoms with Gasteiger partial charge in [0.15, 0.2) is 0 Å². The van der Waals surface area contributed by atoms with E-state index in [2.05, 4.69) is 14.9 Å². The summed E-state index contributed by atoms with van der Waals surface area (Å²) < 4.78 is 9.60. The van der Waals surface area contributed by atoms with Crippen molar-refractivity contribution in [1.29, 1.82) is 0 Å². The van der Waals surface area contributed by atoms with Gasteiger partial charge in [0.05, 0.1) is 7.11 Å². The third-order valence-corrected chi connectivity index (χ3v) is 3.10. The van der Waals surface area contributed by atoms with Gasteiger partial charge in [-0.2, -0.15) is 4.98 Å². The Balaban J connectivity index is 1.89. The normalized spacial score (nSPS) is 10.7. The highest BCUT2D eigenvalue weighted by atomic mass is 16.5. The van der Waals surface area contributed by atoms with Crippen LogP contribution in [-0.4, -0.2) is 47.6 Å². The molecule has 7 nitrogen and oxygen atoms in total. The number of amides is 1. The molecule has 0 aliphatic heterocycles. The van der Waals surface area contributed by atoms with E-state index in [1.807, 2.05) is 30.3 Å². The second kappa shape index (κ2) is 7.88. The highest BCUT2D eigenvalue weighted by Crippen LogP contribution is 2.14. The number of aromatic nitrogens is 2. The number of esters is 1. The minimum Gasteiger partial charge on any atom is -0.466 e. The summed E-state index contributed by atoms with van der Waals surface area (Å²) in [6.45, 7) is 0.390. The standard InChI is InChI=1S/C16H17N3O4/c1-19(14(20)8-9-15(21)22-2)11-10-13-17-16(18-23-13)12-6-4-3-5-7-12/h3-9H,10-11H2,1-2H3/b9-8+. The maximum Gasteiger partial charge on any atom is 0.330 e. The van der Waals surface area contributed by atoms with Crippen LogP contribution in [0, 0.1) is 0 Å². The average Bonchev–Trinajstić information content (AvgIpc) is 3.07. The Morgan fingerprint density at radius 3 is 2.70 bits per heavy atom. The van der Waals surface area contributed by atoms with E-state index >= 15 is 0 Å². The van der Waals surface area contributed by atoms with Gasteiger partial charge in [-0.15, -0.1) is 0 Å². The van der Waals surface area contributed by atoms with Gasteiger partial charge in [0.25, 0.3) is 0 Å². The second-order valence-electron chi connectivity index (χ2n) is 4.74. The molecular weight excluding hydrogens is 298 g/mol. The van der Waals surface area contributed by atoms with E-state index in [1.165, 1.54) is 12.0 Å². The molecule has 0 fully saturated rings. The number of likely N-dealkylation sites (N-methyl/N-ethyl adjacent to an activating group) is 1. The molecule has 120 valence electrons. The van der Waals surface area contributed by atoms with Crippen LogP contribution in [-0.2, 0) is 20.7 Å². The van der Waals surface area contributed by atoms with E-state index in [4.69, 9.17) is 4.52 Å². The molecule has 0 radical (unpaired) electrons. The molecule has 1 aromatic carbocycles. The van der Waals surface area contributed by atoms with Gasteiger partial charge in [-0.1, -0.05) is 35.5 Å². The summed E-state index contributed by atoms with van der Waals surface area (Å²) in [6, 6.07) is 9.48. The summed E-state index contributed by atoms with van der Waals surface area (Å²) in [5.74, 6) is 0.0787. The summed E-state index contributed by atoms with van der Waals surface area (Å²) in [4.78, 5) is 28.5. The number of carbonyl (C=O) groups excluding carboxylic acids is 2.